The van der Waals surface area contributed by atoms with E-state index >= 15 is 0 Å². The van der Waals surface area contributed by atoms with Gasteiger partial charge in [0.05, 0.1) is 7.11 Å². The molecule has 0 bridgehead atoms. The summed E-state index contributed by atoms with van der Waals surface area (Å²) in [6.07, 6.45) is 4.39. The van der Waals surface area contributed by atoms with Gasteiger partial charge >= 0.3 is 0 Å². The molecule has 1 saturated heterocycles. The number of aromatic amines is 1. The fourth-order valence-electron chi connectivity index (χ4n) is 2.70. The van der Waals surface area contributed by atoms with Crippen molar-refractivity contribution in [3.8, 4) is 5.75 Å². The van der Waals surface area contributed by atoms with Gasteiger partial charge in [-0.15, -0.1) is 0 Å². The summed E-state index contributed by atoms with van der Waals surface area (Å²) in [6.45, 7) is 2.30. The van der Waals surface area contributed by atoms with Gasteiger partial charge in [-0.05, 0) is 55.6 Å². The molecule has 3 rings (SSSR count). The van der Waals surface area contributed by atoms with E-state index in [9.17, 15) is 0 Å². The van der Waals surface area contributed by atoms with Crippen LogP contribution < -0.4 is 10.1 Å². The molecule has 0 radical (unpaired) electrons. The van der Waals surface area contributed by atoms with Gasteiger partial charge in [-0.25, -0.2) is 0 Å². The zero-order valence-electron chi connectivity index (χ0n) is 10.1. The fourth-order valence-corrected chi connectivity index (χ4v) is 2.70. The van der Waals surface area contributed by atoms with Crippen LogP contribution in [0.3, 0.4) is 0 Å². The predicted octanol–water partition coefficient (Wildman–Crippen LogP) is 2.33. The first kappa shape index (κ1) is 10.7. The topological polar surface area (TPSA) is 37.0 Å². The molecular weight excluding hydrogens is 212 g/mol. The lowest BCUT2D eigenvalue weighted by molar-refractivity contribution is 0.419. The Morgan fingerprint density at radius 3 is 3.12 bits per heavy atom. The average molecular weight is 230 g/mol. The number of ether oxygens (including phenoxy) is 1. The normalized spacial score (nSPS) is 19.9. The van der Waals surface area contributed by atoms with Crippen molar-refractivity contribution in [3.63, 3.8) is 0 Å². The van der Waals surface area contributed by atoms with E-state index in [-0.39, 0.29) is 0 Å². The Balaban J connectivity index is 1.92. The number of hydrogen-bond donors (Lipinski definition) is 2. The number of H-pyrrole nitrogens is 1. The van der Waals surface area contributed by atoms with Gasteiger partial charge in [0.25, 0.3) is 0 Å². The van der Waals surface area contributed by atoms with Crippen molar-refractivity contribution in [2.45, 2.75) is 12.8 Å². The van der Waals surface area contributed by atoms with E-state index in [0.29, 0.717) is 0 Å². The van der Waals surface area contributed by atoms with Crippen LogP contribution in [0.1, 0.15) is 12.0 Å². The van der Waals surface area contributed by atoms with E-state index in [1.54, 1.807) is 7.11 Å². The van der Waals surface area contributed by atoms with E-state index in [0.717, 1.165) is 31.2 Å². The SMILES string of the molecule is COc1cc(CC2CCNC2)cc2[nH]ccc12. The second kappa shape index (κ2) is 4.41. The minimum Gasteiger partial charge on any atom is -0.496 e. The van der Waals surface area contributed by atoms with E-state index in [1.165, 1.54) is 22.9 Å². The maximum atomic E-state index is 5.46. The third kappa shape index (κ3) is 2.03. The first-order valence-corrected chi connectivity index (χ1v) is 6.21. The van der Waals surface area contributed by atoms with Crippen LogP contribution in [0.4, 0.5) is 0 Å². The van der Waals surface area contributed by atoms with Gasteiger partial charge in [-0.2, -0.15) is 0 Å². The van der Waals surface area contributed by atoms with Crippen molar-refractivity contribution in [1.29, 1.82) is 0 Å². The van der Waals surface area contributed by atoms with Crippen LogP contribution in [-0.2, 0) is 6.42 Å². The fraction of sp³-hybridized carbons (Fsp3) is 0.429. The lowest BCUT2D eigenvalue weighted by Gasteiger charge is -2.10. The summed E-state index contributed by atoms with van der Waals surface area (Å²) in [7, 11) is 1.74. The molecule has 3 heteroatoms. The molecule has 0 amide bonds. The summed E-state index contributed by atoms with van der Waals surface area (Å²) in [5.41, 5.74) is 2.54. The molecular formula is C14H18N2O. The van der Waals surface area contributed by atoms with Crippen molar-refractivity contribution in [3.05, 3.63) is 30.0 Å². The van der Waals surface area contributed by atoms with Gasteiger partial charge in [0.15, 0.2) is 0 Å². The Morgan fingerprint density at radius 1 is 1.41 bits per heavy atom. The molecule has 1 aliphatic rings. The molecule has 0 spiro atoms. The smallest absolute Gasteiger partial charge is 0.128 e. The highest BCUT2D eigenvalue weighted by Crippen LogP contribution is 2.28. The summed E-state index contributed by atoms with van der Waals surface area (Å²) in [5, 5.41) is 4.58. The zero-order chi connectivity index (χ0) is 11.7. The quantitative estimate of drug-likeness (QED) is 0.849. The van der Waals surface area contributed by atoms with Crippen LogP contribution in [-0.4, -0.2) is 25.2 Å². The third-order valence-corrected chi connectivity index (χ3v) is 3.60. The number of methoxy groups -OCH3 is 1. The van der Waals surface area contributed by atoms with Gasteiger partial charge in [0, 0.05) is 17.1 Å². The standard InChI is InChI=1S/C14H18N2O/c1-17-14-8-11(6-10-2-4-15-9-10)7-13-12(14)3-5-16-13/h3,5,7-8,10,15-16H,2,4,6,9H2,1H3. The summed E-state index contributed by atoms with van der Waals surface area (Å²) >= 11 is 0. The van der Waals surface area contributed by atoms with Crippen molar-refractivity contribution in [2.75, 3.05) is 20.2 Å². The largest absolute Gasteiger partial charge is 0.496 e. The number of aromatic nitrogens is 1. The lowest BCUT2D eigenvalue weighted by atomic mass is 9.98. The molecule has 1 fully saturated rings. The molecule has 2 heterocycles. The predicted molar refractivity (Wildman–Crippen MR) is 69.5 cm³/mol. The summed E-state index contributed by atoms with van der Waals surface area (Å²) in [5.74, 6) is 1.75. The zero-order valence-corrected chi connectivity index (χ0v) is 10.1. The molecule has 90 valence electrons. The Bertz CT molecular complexity index is 512. The van der Waals surface area contributed by atoms with Crippen molar-refractivity contribution >= 4 is 10.9 Å². The van der Waals surface area contributed by atoms with Crippen LogP contribution >= 0.6 is 0 Å². The highest BCUT2D eigenvalue weighted by molar-refractivity contribution is 5.86. The maximum absolute atomic E-state index is 5.46. The molecule has 3 nitrogen and oxygen atoms in total. The summed E-state index contributed by atoms with van der Waals surface area (Å²) in [4.78, 5) is 3.26. The van der Waals surface area contributed by atoms with Crippen molar-refractivity contribution in [1.82, 2.24) is 10.3 Å². The van der Waals surface area contributed by atoms with Crippen molar-refractivity contribution < 1.29 is 4.74 Å². The highest BCUT2D eigenvalue weighted by atomic mass is 16.5. The number of hydrogen-bond acceptors (Lipinski definition) is 2. The van der Waals surface area contributed by atoms with Crippen molar-refractivity contribution in [2.24, 2.45) is 5.92 Å². The van der Waals surface area contributed by atoms with Crippen LogP contribution in [0.25, 0.3) is 10.9 Å². The number of nitrogens with one attached hydrogen (secondary N) is 2. The Morgan fingerprint density at radius 2 is 2.35 bits per heavy atom. The average Bonchev–Trinajstić information content (AvgIpc) is 2.98. The molecule has 2 aromatic rings. The van der Waals surface area contributed by atoms with Gasteiger partial charge < -0.3 is 15.0 Å². The summed E-state index contributed by atoms with van der Waals surface area (Å²) in [6, 6.07) is 6.49. The van der Waals surface area contributed by atoms with Gasteiger partial charge in [0.1, 0.15) is 5.75 Å². The highest BCUT2D eigenvalue weighted by Gasteiger charge is 2.16. The molecule has 0 saturated carbocycles. The van der Waals surface area contributed by atoms with E-state index < -0.39 is 0 Å². The minimum absolute atomic E-state index is 0.770. The molecule has 0 aliphatic carbocycles. The molecule has 1 aromatic carbocycles. The second-order valence-electron chi connectivity index (χ2n) is 4.80. The second-order valence-corrected chi connectivity index (χ2v) is 4.80. The lowest BCUT2D eigenvalue weighted by Crippen LogP contribution is -2.10. The molecule has 2 N–H and O–H groups in total. The van der Waals surface area contributed by atoms with Crippen LogP contribution in [0.2, 0.25) is 0 Å². The Labute approximate surface area is 101 Å². The monoisotopic (exact) mass is 230 g/mol. The molecule has 1 atom stereocenters. The number of fused-ring (bicyclic) bond motifs is 1. The van der Waals surface area contributed by atoms with Crippen LogP contribution in [0.5, 0.6) is 5.75 Å². The Hall–Kier alpha value is -1.48. The van der Waals surface area contributed by atoms with Crippen LogP contribution in [0, 0.1) is 5.92 Å². The molecule has 1 aromatic heterocycles. The van der Waals surface area contributed by atoms with Gasteiger partial charge in [-0.3, -0.25) is 0 Å². The van der Waals surface area contributed by atoms with Crippen LogP contribution in [0.15, 0.2) is 24.4 Å². The number of rotatable bonds is 3. The van der Waals surface area contributed by atoms with E-state index in [4.69, 9.17) is 4.74 Å². The molecule has 17 heavy (non-hydrogen) atoms. The summed E-state index contributed by atoms with van der Waals surface area (Å²) < 4.78 is 5.46. The molecule has 1 unspecified atom stereocenters. The van der Waals surface area contributed by atoms with Gasteiger partial charge in [0.2, 0.25) is 0 Å². The Kier molecular flexibility index (Phi) is 2.77. The minimum atomic E-state index is 0.770. The third-order valence-electron chi connectivity index (χ3n) is 3.60. The van der Waals surface area contributed by atoms with Gasteiger partial charge in [-0.1, -0.05) is 0 Å². The van der Waals surface area contributed by atoms with E-state index in [2.05, 4.69) is 28.5 Å². The number of benzene rings is 1. The molecule has 1 aliphatic heterocycles. The van der Waals surface area contributed by atoms with E-state index in [1.807, 2.05) is 6.20 Å². The first-order chi connectivity index (χ1) is 8.36. The first-order valence-electron chi connectivity index (χ1n) is 6.21. The maximum Gasteiger partial charge on any atom is 0.128 e.